The molecule has 1 heterocycles. The van der Waals surface area contributed by atoms with Gasteiger partial charge in [0.15, 0.2) is 11.6 Å². The normalized spacial score (nSPS) is 12.0. The molecular weight excluding hydrogens is 380 g/mol. The Hall–Kier alpha value is -2.17. The molecule has 0 aliphatic heterocycles. The quantitative estimate of drug-likeness (QED) is 0.471. The van der Waals surface area contributed by atoms with Crippen molar-refractivity contribution < 1.29 is 27.0 Å². The molecule has 2 rings (SSSR count). The number of hydrogen-bond donors (Lipinski definition) is 2. The molecule has 0 bridgehead atoms. The van der Waals surface area contributed by atoms with Gasteiger partial charge in [0.05, 0.1) is 17.9 Å². The van der Waals surface area contributed by atoms with Crippen LogP contribution in [-0.4, -0.2) is 62.6 Å². The third-order valence-corrected chi connectivity index (χ3v) is 4.07. The Bertz CT molecular complexity index is 765. The van der Waals surface area contributed by atoms with Gasteiger partial charge in [0.2, 0.25) is 0 Å². The van der Waals surface area contributed by atoms with E-state index in [1.807, 2.05) is 19.0 Å². The number of aromatic amines is 1. The fourth-order valence-corrected chi connectivity index (χ4v) is 2.64. The molecule has 0 radical (unpaired) electrons. The van der Waals surface area contributed by atoms with Crippen molar-refractivity contribution in [2.24, 2.45) is 0 Å². The van der Waals surface area contributed by atoms with Crippen molar-refractivity contribution >= 4 is 0 Å². The van der Waals surface area contributed by atoms with Gasteiger partial charge < -0.3 is 19.7 Å². The van der Waals surface area contributed by atoms with Crippen molar-refractivity contribution in [3.8, 4) is 17.0 Å². The van der Waals surface area contributed by atoms with Crippen LogP contribution in [0.1, 0.15) is 11.1 Å². The number of rotatable bonds is 10. The molecule has 156 valence electrons. The van der Waals surface area contributed by atoms with Gasteiger partial charge in [0.25, 0.3) is 0 Å². The van der Waals surface area contributed by atoms with Crippen LogP contribution in [0.5, 0.6) is 5.75 Å². The summed E-state index contributed by atoms with van der Waals surface area (Å²) in [5, 5.41) is 9.78. The van der Waals surface area contributed by atoms with E-state index in [2.05, 4.69) is 15.5 Å². The van der Waals surface area contributed by atoms with Gasteiger partial charge in [-0.2, -0.15) is 18.3 Å². The number of likely N-dealkylation sites (N-methyl/N-ethyl adjacent to an activating group) is 2. The minimum Gasteiger partial charge on any atom is -0.488 e. The fourth-order valence-electron chi connectivity index (χ4n) is 2.64. The molecule has 1 aromatic carbocycles. The van der Waals surface area contributed by atoms with E-state index in [0.29, 0.717) is 17.8 Å². The summed E-state index contributed by atoms with van der Waals surface area (Å²) in [6, 6.07) is 1.99. The predicted octanol–water partition coefficient (Wildman–Crippen LogP) is 2.91. The number of nitrogens with one attached hydrogen (secondary N) is 2. The average molecular weight is 404 g/mol. The monoisotopic (exact) mass is 404 g/mol. The summed E-state index contributed by atoms with van der Waals surface area (Å²) in [4.78, 5) is 2.00. The first-order chi connectivity index (χ1) is 13.3. The van der Waals surface area contributed by atoms with Crippen LogP contribution in [0.2, 0.25) is 0 Å². The Balaban J connectivity index is 2.40. The molecule has 28 heavy (non-hydrogen) atoms. The first kappa shape index (κ1) is 22.1. The number of H-pyrrole nitrogens is 1. The third-order valence-electron chi connectivity index (χ3n) is 4.07. The number of nitrogens with zero attached hydrogens (tertiary/aromatic N) is 2. The van der Waals surface area contributed by atoms with Crippen LogP contribution in [0.25, 0.3) is 11.3 Å². The van der Waals surface area contributed by atoms with Crippen molar-refractivity contribution in [3.05, 3.63) is 35.3 Å². The highest BCUT2D eigenvalue weighted by molar-refractivity contribution is 5.66. The van der Waals surface area contributed by atoms with Gasteiger partial charge in [0, 0.05) is 44.1 Å². The lowest BCUT2D eigenvalue weighted by Gasteiger charge is -2.17. The second-order valence-electron chi connectivity index (χ2n) is 6.28. The summed E-state index contributed by atoms with van der Waals surface area (Å²) in [6.45, 7) is 2.01. The maximum Gasteiger partial charge on any atom is 0.419 e. The number of aromatic nitrogens is 2. The number of alkyl halides is 3. The largest absolute Gasteiger partial charge is 0.488 e. The molecule has 0 aliphatic rings. The van der Waals surface area contributed by atoms with Gasteiger partial charge in [-0.05, 0) is 26.2 Å². The summed E-state index contributed by atoms with van der Waals surface area (Å²) in [5.74, 6) is -1.94. The van der Waals surface area contributed by atoms with E-state index in [-0.39, 0.29) is 18.8 Å². The number of hydrogen-bond acceptors (Lipinski definition) is 5. The average Bonchev–Trinajstić information content (AvgIpc) is 3.08. The topological polar surface area (TPSA) is 62.4 Å². The van der Waals surface area contributed by atoms with Gasteiger partial charge in [-0.15, -0.1) is 0 Å². The molecule has 2 aromatic rings. The standard InChI is InChI=1S/C18H24F4N4O2/c1-23-4-5-26(2)11-13-10-24-25-17(13)12-8-14(18(20,21)22)16(19)15(9-12)28-7-6-27-3/h8-10,23H,4-7,11H2,1-3H3,(H,24,25). The zero-order valence-electron chi connectivity index (χ0n) is 16.0. The molecule has 10 heteroatoms. The molecule has 0 amide bonds. The summed E-state index contributed by atoms with van der Waals surface area (Å²) >= 11 is 0. The van der Waals surface area contributed by atoms with E-state index in [1.54, 1.807) is 6.20 Å². The number of ether oxygens (including phenoxy) is 2. The zero-order chi connectivity index (χ0) is 20.7. The zero-order valence-corrected chi connectivity index (χ0v) is 16.0. The van der Waals surface area contributed by atoms with Crippen LogP contribution in [0.3, 0.4) is 0 Å². The minimum absolute atomic E-state index is 0.0751. The molecule has 0 atom stereocenters. The second-order valence-corrected chi connectivity index (χ2v) is 6.28. The first-order valence-corrected chi connectivity index (χ1v) is 8.66. The lowest BCUT2D eigenvalue weighted by Crippen LogP contribution is -2.27. The Morgan fingerprint density at radius 1 is 1.25 bits per heavy atom. The lowest BCUT2D eigenvalue weighted by molar-refractivity contribution is -0.140. The maximum absolute atomic E-state index is 14.3. The summed E-state index contributed by atoms with van der Waals surface area (Å²) in [5.41, 5.74) is -0.256. The molecule has 6 nitrogen and oxygen atoms in total. The highest BCUT2D eigenvalue weighted by atomic mass is 19.4. The molecule has 0 spiro atoms. The van der Waals surface area contributed by atoms with Gasteiger partial charge in [-0.1, -0.05) is 0 Å². The van der Waals surface area contributed by atoms with Crippen molar-refractivity contribution in [1.29, 1.82) is 0 Å². The van der Waals surface area contributed by atoms with E-state index in [4.69, 9.17) is 9.47 Å². The van der Waals surface area contributed by atoms with Gasteiger partial charge >= 0.3 is 6.18 Å². The molecule has 1 aromatic heterocycles. The molecule has 2 N–H and O–H groups in total. The predicted molar refractivity (Wildman–Crippen MR) is 96.6 cm³/mol. The van der Waals surface area contributed by atoms with E-state index in [1.165, 1.54) is 13.2 Å². The van der Waals surface area contributed by atoms with E-state index in [0.717, 1.165) is 19.2 Å². The molecule has 0 saturated heterocycles. The van der Waals surface area contributed by atoms with Crippen LogP contribution < -0.4 is 10.1 Å². The van der Waals surface area contributed by atoms with Crippen molar-refractivity contribution in [2.45, 2.75) is 12.7 Å². The van der Waals surface area contributed by atoms with Gasteiger partial charge in [-0.25, -0.2) is 4.39 Å². The van der Waals surface area contributed by atoms with Gasteiger partial charge in [0.1, 0.15) is 6.61 Å². The maximum atomic E-state index is 14.3. The Kier molecular flexibility index (Phi) is 7.78. The smallest absolute Gasteiger partial charge is 0.419 e. The van der Waals surface area contributed by atoms with Crippen LogP contribution >= 0.6 is 0 Å². The Morgan fingerprint density at radius 2 is 2.00 bits per heavy atom. The molecular formula is C18H24F4N4O2. The number of methoxy groups -OCH3 is 1. The SMILES string of the molecule is CNCCN(C)Cc1c[nH]nc1-c1cc(OCCOC)c(F)c(C(F)(F)F)c1. The number of halogens is 4. The van der Waals surface area contributed by atoms with Crippen molar-refractivity contribution in [3.63, 3.8) is 0 Å². The highest BCUT2D eigenvalue weighted by Crippen LogP contribution is 2.39. The number of benzene rings is 1. The van der Waals surface area contributed by atoms with E-state index < -0.39 is 23.3 Å². The summed E-state index contributed by atoms with van der Waals surface area (Å²) in [7, 11) is 5.14. The van der Waals surface area contributed by atoms with E-state index >= 15 is 0 Å². The first-order valence-electron chi connectivity index (χ1n) is 8.66. The van der Waals surface area contributed by atoms with Crippen LogP contribution in [0.4, 0.5) is 17.6 Å². The van der Waals surface area contributed by atoms with Crippen LogP contribution in [-0.2, 0) is 17.5 Å². The Labute approximate surface area is 160 Å². The van der Waals surface area contributed by atoms with Crippen LogP contribution in [0, 0.1) is 5.82 Å². The second kappa shape index (κ2) is 9.85. The molecule has 0 saturated carbocycles. The minimum atomic E-state index is -4.86. The van der Waals surface area contributed by atoms with E-state index in [9.17, 15) is 17.6 Å². The third kappa shape index (κ3) is 5.66. The van der Waals surface area contributed by atoms with Gasteiger partial charge in [-0.3, -0.25) is 5.10 Å². The molecule has 0 fully saturated rings. The van der Waals surface area contributed by atoms with Crippen molar-refractivity contribution in [1.82, 2.24) is 20.4 Å². The highest BCUT2D eigenvalue weighted by Gasteiger charge is 2.36. The summed E-state index contributed by atoms with van der Waals surface area (Å²) < 4.78 is 64.3. The van der Waals surface area contributed by atoms with Crippen LogP contribution in [0.15, 0.2) is 18.3 Å². The lowest BCUT2D eigenvalue weighted by atomic mass is 10.0. The molecule has 0 aliphatic carbocycles. The van der Waals surface area contributed by atoms with Crippen molar-refractivity contribution in [2.75, 3.05) is 47.5 Å². The fraction of sp³-hybridized carbons (Fsp3) is 0.500. The molecule has 0 unspecified atom stereocenters. The summed E-state index contributed by atoms with van der Waals surface area (Å²) in [6.07, 6.45) is -3.24. The Morgan fingerprint density at radius 3 is 2.64 bits per heavy atom.